The highest BCUT2D eigenvalue weighted by atomic mass is 32.2. The summed E-state index contributed by atoms with van der Waals surface area (Å²) in [6.07, 6.45) is 1.18. The molecule has 3 saturated heterocycles. The zero-order chi connectivity index (χ0) is 24.9. The van der Waals surface area contributed by atoms with Gasteiger partial charge < -0.3 is 15.0 Å². The maximum Gasteiger partial charge on any atom is 0.152 e. The lowest BCUT2D eigenvalue weighted by atomic mass is 9.73. The summed E-state index contributed by atoms with van der Waals surface area (Å²) in [4.78, 5) is 4.94. The van der Waals surface area contributed by atoms with Crippen LogP contribution in [0.4, 0.5) is 5.69 Å². The van der Waals surface area contributed by atoms with E-state index in [1.807, 2.05) is 37.3 Å². The average Bonchev–Trinajstić information content (AvgIpc) is 3.09. The van der Waals surface area contributed by atoms with E-state index in [4.69, 9.17) is 4.74 Å². The molecular formula is C28H41N3O3S. The number of nitrogens with zero attached hydrogens (tertiary/aromatic N) is 2. The van der Waals surface area contributed by atoms with Gasteiger partial charge in [0.15, 0.2) is 9.84 Å². The molecule has 3 heterocycles. The number of ether oxygens (including phenoxy) is 1. The summed E-state index contributed by atoms with van der Waals surface area (Å²) in [6, 6.07) is 18.9. The summed E-state index contributed by atoms with van der Waals surface area (Å²) in [5.74, 6) is 1.85. The van der Waals surface area contributed by atoms with Crippen molar-refractivity contribution in [2.45, 2.75) is 39.8 Å². The maximum absolute atomic E-state index is 12.8. The van der Waals surface area contributed by atoms with E-state index in [9.17, 15) is 8.42 Å². The Morgan fingerprint density at radius 3 is 2.46 bits per heavy atom. The van der Waals surface area contributed by atoms with Crippen LogP contribution in [0.5, 0.6) is 5.75 Å². The van der Waals surface area contributed by atoms with E-state index < -0.39 is 9.84 Å². The summed E-state index contributed by atoms with van der Waals surface area (Å²) in [5.41, 5.74) is 2.58. The highest BCUT2D eigenvalue weighted by Crippen LogP contribution is 2.43. The average molecular weight is 500 g/mol. The van der Waals surface area contributed by atoms with E-state index in [2.05, 4.69) is 53.2 Å². The van der Waals surface area contributed by atoms with Gasteiger partial charge in [0.2, 0.25) is 0 Å². The van der Waals surface area contributed by atoms with Crippen LogP contribution in [0.2, 0.25) is 0 Å². The first-order chi connectivity index (χ1) is 16.8. The molecule has 6 nitrogen and oxygen atoms in total. The predicted molar refractivity (Wildman–Crippen MR) is 144 cm³/mol. The molecule has 0 saturated carbocycles. The Hall–Kier alpha value is -2.09. The van der Waals surface area contributed by atoms with Gasteiger partial charge in [-0.1, -0.05) is 44.2 Å². The van der Waals surface area contributed by atoms with Crippen molar-refractivity contribution in [3.05, 3.63) is 60.2 Å². The molecule has 2 atom stereocenters. The van der Waals surface area contributed by atoms with Crippen LogP contribution in [0.3, 0.4) is 0 Å². The van der Waals surface area contributed by atoms with Crippen LogP contribution in [0, 0.1) is 11.3 Å². The van der Waals surface area contributed by atoms with Gasteiger partial charge in [0.25, 0.3) is 0 Å². The summed E-state index contributed by atoms with van der Waals surface area (Å²) in [5, 5.41) is 3.27. The van der Waals surface area contributed by atoms with Gasteiger partial charge >= 0.3 is 0 Å². The number of benzene rings is 2. The van der Waals surface area contributed by atoms with Gasteiger partial charge in [-0.05, 0) is 54.5 Å². The Morgan fingerprint density at radius 1 is 1.00 bits per heavy atom. The smallest absolute Gasteiger partial charge is 0.152 e. The zero-order valence-electron chi connectivity index (χ0n) is 21.4. The fraction of sp³-hybridized carbons (Fsp3) is 0.571. The van der Waals surface area contributed by atoms with E-state index in [-0.39, 0.29) is 16.9 Å². The fourth-order valence-electron chi connectivity index (χ4n) is 5.72. The molecule has 1 N–H and O–H groups in total. The first-order valence-corrected chi connectivity index (χ1v) is 14.7. The first-order valence-electron chi connectivity index (χ1n) is 12.9. The van der Waals surface area contributed by atoms with Crippen molar-refractivity contribution in [3.63, 3.8) is 0 Å². The number of fused-ring (bicyclic) bond motifs is 4. The second-order valence-electron chi connectivity index (χ2n) is 10.7. The number of anilines is 1. The van der Waals surface area contributed by atoms with Crippen LogP contribution in [0.25, 0.3) is 0 Å². The number of rotatable bonds is 11. The van der Waals surface area contributed by atoms with Crippen LogP contribution >= 0.6 is 0 Å². The molecule has 2 aromatic carbocycles. The molecule has 5 rings (SSSR count). The molecule has 0 radical (unpaired) electrons. The van der Waals surface area contributed by atoms with E-state index >= 15 is 0 Å². The lowest BCUT2D eigenvalue weighted by Crippen LogP contribution is -2.54. The Kier molecular flexibility index (Phi) is 8.40. The SMILES string of the molecule is CCOc1ccc(N2C[C@H]3CN(CCS(=O)(=O)CCNCc4ccccc4)C[C@@H]2C(C)(C)C3)cc1. The number of hydrogen-bond acceptors (Lipinski definition) is 6. The maximum atomic E-state index is 12.8. The van der Waals surface area contributed by atoms with Gasteiger partial charge in [0.1, 0.15) is 5.75 Å². The molecule has 0 spiro atoms. The Labute approximate surface area is 211 Å². The third kappa shape index (κ3) is 6.99. The number of nitrogens with one attached hydrogen (secondary N) is 1. The molecule has 0 aromatic heterocycles. The molecule has 0 aliphatic carbocycles. The number of sulfone groups is 1. The van der Waals surface area contributed by atoms with Crippen molar-refractivity contribution in [1.82, 2.24) is 10.2 Å². The molecule has 192 valence electrons. The van der Waals surface area contributed by atoms with Gasteiger partial charge in [-0.15, -0.1) is 0 Å². The first kappa shape index (κ1) is 26.0. The predicted octanol–water partition coefficient (Wildman–Crippen LogP) is 3.83. The molecule has 0 unspecified atom stereocenters. The quantitative estimate of drug-likeness (QED) is 0.474. The second kappa shape index (κ2) is 11.3. The molecule has 3 aliphatic heterocycles. The third-order valence-corrected chi connectivity index (χ3v) is 9.09. The summed E-state index contributed by atoms with van der Waals surface area (Å²) in [6.45, 7) is 12.1. The van der Waals surface area contributed by atoms with Crippen molar-refractivity contribution in [2.75, 3.05) is 55.7 Å². The molecule has 2 bridgehead atoms. The molecule has 2 aromatic rings. The van der Waals surface area contributed by atoms with Crippen LogP contribution < -0.4 is 15.0 Å². The van der Waals surface area contributed by atoms with E-state index in [1.165, 1.54) is 17.7 Å². The summed E-state index contributed by atoms with van der Waals surface area (Å²) < 4.78 is 31.1. The number of piperidine rings is 1. The molecule has 0 amide bonds. The van der Waals surface area contributed by atoms with Crippen LogP contribution in [-0.2, 0) is 16.4 Å². The Bertz CT molecular complexity index is 1040. The van der Waals surface area contributed by atoms with Gasteiger partial charge in [-0.3, -0.25) is 4.90 Å². The Morgan fingerprint density at radius 2 is 1.74 bits per heavy atom. The van der Waals surface area contributed by atoms with Gasteiger partial charge in [0.05, 0.1) is 18.1 Å². The lowest BCUT2D eigenvalue weighted by molar-refractivity contribution is 0.191. The van der Waals surface area contributed by atoms with Crippen LogP contribution in [0.15, 0.2) is 54.6 Å². The summed E-state index contributed by atoms with van der Waals surface area (Å²) >= 11 is 0. The third-order valence-electron chi connectivity index (χ3n) is 7.46. The van der Waals surface area contributed by atoms with E-state index in [0.717, 1.165) is 25.4 Å². The van der Waals surface area contributed by atoms with Crippen molar-refractivity contribution in [2.24, 2.45) is 11.3 Å². The van der Waals surface area contributed by atoms with Crippen molar-refractivity contribution >= 4 is 15.5 Å². The van der Waals surface area contributed by atoms with Gasteiger partial charge in [-0.25, -0.2) is 8.42 Å². The van der Waals surface area contributed by atoms with Gasteiger partial charge in [-0.2, -0.15) is 0 Å². The van der Waals surface area contributed by atoms with Crippen molar-refractivity contribution in [3.8, 4) is 5.75 Å². The fourth-order valence-corrected chi connectivity index (χ4v) is 6.91. The monoisotopic (exact) mass is 499 g/mol. The van der Waals surface area contributed by atoms with Crippen molar-refractivity contribution < 1.29 is 13.2 Å². The number of hydrogen-bond donors (Lipinski definition) is 1. The van der Waals surface area contributed by atoms with Crippen LogP contribution in [0.1, 0.15) is 32.8 Å². The van der Waals surface area contributed by atoms with Crippen molar-refractivity contribution in [1.29, 1.82) is 0 Å². The van der Waals surface area contributed by atoms with Gasteiger partial charge in [0, 0.05) is 51.0 Å². The topological polar surface area (TPSA) is 61.9 Å². The lowest BCUT2D eigenvalue weighted by Gasteiger charge is -2.48. The molecule has 3 aliphatic rings. The molecule has 3 fully saturated rings. The highest BCUT2D eigenvalue weighted by molar-refractivity contribution is 7.91. The normalized spacial score (nSPS) is 22.2. The zero-order valence-corrected chi connectivity index (χ0v) is 22.3. The highest BCUT2D eigenvalue weighted by Gasteiger charge is 2.45. The molecular weight excluding hydrogens is 458 g/mol. The molecule has 35 heavy (non-hydrogen) atoms. The standard InChI is InChI=1S/C28H41N3O3S/c1-4-34-26-12-10-25(11-13-26)31-21-24-18-28(2,3)27(31)22-30(20-24)15-17-35(32,33)16-14-29-19-23-8-6-5-7-9-23/h5-13,24,27,29H,4,14-22H2,1-3H3/t24-,27-/m1/s1. The minimum atomic E-state index is -3.10. The largest absolute Gasteiger partial charge is 0.494 e. The summed E-state index contributed by atoms with van der Waals surface area (Å²) in [7, 11) is -3.10. The van der Waals surface area contributed by atoms with E-state index in [1.54, 1.807) is 0 Å². The van der Waals surface area contributed by atoms with E-state index in [0.29, 0.717) is 38.2 Å². The minimum Gasteiger partial charge on any atom is -0.494 e. The minimum absolute atomic E-state index is 0.177. The Balaban J connectivity index is 1.32. The van der Waals surface area contributed by atoms with Crippen LogP contribution in [-0.4, -0.2) is 70.2 Å². The molecule has 7 heteroatoms. The second-order valence-corrected chi connectivity index (χ2v) is 13.0.